The minimum absolute atomic E-state index is 0.0409. The Labute approximate surface area is 231 Å². The lowest BCUT2D eigenvalue weighted by atomic mass is 9.48. The maximum Gasteiger partial charge on any atom is 0.338 e. The van der Waals surface area contributed by atoms with Gasteiger partial charge in [-0.1, -0.05) is 12.7 Å². The summed E-state index contributed by atoms with van der Waals surface area (Å²) in [5, 5.41) is 0. The molecule has 7 nitrogen and oxygen atoms in total. The van der Waals surface area contributed by atoms with Crippen LogP contribution in [0.1, 0.15) is 71.7 Å². The number of carbonyl (C=O) groups excluding carboxylic acids is 2. The van der Waals surface area contributed by atoms with Crippen molar-refractivity contribution >= 4 is 17.6 Å². The molecule has 0 aromatic heterocycles. The smallest absolute Gasteiger partial charge is 0.338 e. The summed E-state index contributed by atoms with van der Waals surface area (Å²) in [6, 6.07) is 12.7. The van der Waals surface area contributed by atoms with Crippen molar-refractivity contribution in [2.45, 2.75) is 57.2 Å². The number of carbonyl (C=O) groups is 2. The second kappa shape index (κ2) is 11.5. The van der Waals surface area contributed by atoms with E-state index < -0.39 is 5.97 Å². The Kier molecular flexibility index (Phi) is 8.10. The van der Waals surface area contributed by atoms with Crippen molar-refractivity contribution in [3.63, 3.8) is 0 Å². The van der Waals surface area contributed by atoms with Crippen LogP contribution in [0.25, 0.3) is 0 Å². The Morgan fingerprint density at radius 1 is 1.03 bits per heavy atom. The summed E-state index contributed by atoms with van der Waals surface area (Å²) in [5.74, 6) is 2.53. The average molecular weight is 534 g/mol. The first-order valence-electron chi connectivity index (χ1n) is 13.9. The van der Waals surface area contributed by atoms with Gasteiger partial charge < -0.3 is 23.8 Å². The van der Waals surface area contributed by atoms with Crippen LogP contribution < -0.4 is 9.64 Å². The van der Waals surface area contributed by atoms with E-state index in [1.807, 2.05) is 19.1 Å². The number of anilines is 1. The van der Waals surface area contributed by atoms with Gasteiger partial charge >= 0.3 is 5.97 Å². The van der Waals surface area contributed by atoms with Gasteiger partial charge in [-0.2, -0.15) is 0 Å². The SMILES string of the molecule is C=CCOC(=O)c1ccc(N(C)C(=O)c2ccc(OCOC(C)OC)c(C34CC5CC(CC(C5)C3)C4)c2)cc1. The van der Waals surface area contributed by atoms with Crippen LogP contribution in [0.5, 0.6) is 5.75 Å². The van der Waals surface area contributed by atoms with Gasteiger partial charge in [0.2, 0.25) is 0 Å². The van der Waals surface area contributed by atoms with Gasteiger partial charge in [-0.05, 0) is 111 Å². The second-order valence-electron chi connectivity index (χ2n) is 11.4. The summed E-state index contributed by atoms with van der Waals surface area (Å²) < 4.78 is 22.1. The van der Waals surface area contributed by atoms with Gasteiger partial charge in [0.25, 0.3) is 5.91 Å². The fourth-order valence-electron chi connectivity index (χ4n) is 7.26. The molecule has 7 heteroatoms. The summed E-state index contributed by atoms with van der Waals surface area (Å²) in [6.07, 6.45) is 8.63. The predicted octanol–water partition coefficient (Wildman–Crippen LogP) is 6.12. The van der Waals surface area contributed by atoms with E-state index in [9.17, 15) is 9.59 Å². The molecule has 0 heterocycles. The highest BCUT2D eigenvalue weighted by Crippen LogP contribution is 2.62. The minimum Gasteiger partial charge on any atom is -0.467 e. The molecule has 208 valence electrons. The van der Waals surface area contributed by atoms with Crippen LogP contribution in [0.15, 0.2) is 55.1 Å². The van der Waals surface area contributed by atoms with Gasteiger partial charge in [-0.25, -0.2) is 4.79 Å². The number of nitrogens with zero attached hydrogens (tertiary/aromatic N) is 1. The Hall–Kier alpha value is -3.16. The van der Waals surface area contributed by atoms with Crippen molar-refractivity contribution < 1.29 is 28.5 Å². The molecule has 4 aliphatic carbocycles. The van der Waals surface area contributed by atoms with E-state index in [4.69, 9.17) is 18.9 Å². The lowest BCUT2D eigenvalue weighted by Crippen LogP contribution is -2.48. The number of hydrogen-bond acceptors (Lipinski definition) is 6. The molecule has 4 saturated carbocycles. The van der Waals surface area contributed by atoms with Crippen molar-refractivity contribution in [3.05, 3.63) is 71.8 Å². The molecule has 1 unspecified atom stereocenters. The molecule has 0 saturated heterocycles. The lowest BCUT2D eigenvalue weighted by Gasteiger charge is -2.57. The quantitative estimate of drug-likeness (QED) is 0.197. The van der Waals surface area contributed by atoms with Crippen LogP contribution >= 0.6 is 0 Å². The number of hydrogen-bond donors (Lipinski definition) is 0. The van der Waals surface area contributed by atoms with Crippen molar-refractivity contribution in [2.24, 2.45) is 17.8 Å². The van der Waals surface area contributed by atoms with E-state index in [1.165, 1.54) is 25.3 Å². The van der Waals surface area contributed by atoms with Crippen LogP contribution in [0.4, 0.5) is 5.69 Å². The molecule has 4 fully saturated rings. The summed E-state index contributed by atoms with van der Waals surface area (Å²) >= 11 is 0. The average Bonchev–Trinajstić information content (AvgIpc) is 2.94. The van der Waals surface area contributed by atoms with Gasteiger partial charge in [0.15, 0.2) is 13.1 Å². The molecule has 2 aromatic rings. The molecule has 1 atom stereocenters. The van der Waals surface area contributed by atoms with E-state index in [-0.39, 0.29) is 31.0 Å². The summed E-state index contributed by atoms with van der Waals surface area (Å²) in [5.41, 5.74) is 2.92. The normalized spacial score (nSPS) is 25.7. The monoisotopic (exact) mass is 533 g/mol. The van der Waals surface area contributed by atoms with Crippen LogP contribution in [0, 0.1) is 17.8 Å². The number of rotatable bonds is 11. The molecule has 2 aromatic carbocycles. The highest BCUT2D eigenvalue weighted by Gasteiger charge is 2.52. The zero-order chi connectivity index (χ0) is 27.6. The third-order valence-corrected chi connectivity index (χ3v) is 8.81. The summed E-state index contributed by atoms with van der Waals surface area (Å²) in [6.45, 7) is 5.63. The first-order chi connectivity index (χ1) is 18.8. The van der Waals surface area contributed by atoms with E-state index >= 15 is 0 Å². The van der Waals surface area contributed by atoms with E-state index in [0.29, 0.717) is 16.8 Å². The molecule has 1 amide bonds. The zero-order valence-electron chi connectivity index (χ0n) is 23.2. The molecule has 6 rings (SSSR count). The van der Waals surface area contributed by atoms with Gasteiger partial charge in [0, 0.05) is 31.0 Å². The molecular weight excluding hydrogens is 494 g/mol. The second-order valence-corrected chi connectivity index (χ2v) is 11.4. The maximum absolute atomic E-state index is 13.7. The van der Waals surface area contributed by atoms with Crippen LogP contribution in [0.2, 0.25) is 0 Å². The minimum atomic E-state index is -0.421. The number of methoxy groups -OCH3 is 1. The molecule has 0 spiro atoms. The first-order valence-corrected chi connectivity index (χ1v) is 13.9. The molecule has 39 heavy (non-hydrogen) atoms. The third kappa shape index (κ3) is 5.75. The van der Waals surface area contributed by atoms with Crippen molar-refractivity contribution in [3.8, 4) is 5.75 Å². The molecule has 0 N–H and O–H groups in total. The van der Waals surface area contributed by atoms with E-state index in [2.05, 4.69) is 12.6 Å². The van der Waals surface area contributed by atoms with Crippen LogP contribution in [-0.4, -0.2) is 45.7 Å². The maximum atomic E-state index is 13.7. The topological polar surface area (TPSA) is 74.3 Å². The fraction of sp³-hybridized carbons (Fsp3) is 0.500. The number of esters is 1. The summed E-state index contributed by atoms with van der Waals surface area (Å²) in [7, 11) is 3.35. The summed E-state index contributed by atoms with van der Waals surface area (Å²) in [4.78, 5) is 27.4. The predicted molar refractivity (Wildman–Crippen MR) is 149 cm³/mol. The van der Waals surface area contributed by atoms with Crippen LogP contribution in [-0.2, 0) is 19.6 Å². The van der Waals surface area contributed by atoms with Crippen molar-refractivity contribution in [2.75, 3.05) is 32.5 Å². The van der Waals surface area contributed by atoms with Gasteiger partial charge in [-0.3, -0.25) is 4.79 Å². The fourth-order valence-corrected chi connectivity index (χ4v) is 7.26. The Morgan fingerprint density at radius 2 is 1.64 bits per heavy atom. The number of amides is 1. The highest BCUT2D eigenvalue weighted by molar-refractivity contribution is 6.06. The lowest BCUT2D eigenvalue weighted by molar-refractivity contribution is -0.150. The number of benzene rings is 2. The van der Waals surface area contributed by atoms with Gasteiger partial charge in [-0.15, -0.1) is 0 Å². The standard InChI is InChI=1S/C32H39NO6/c1-5-12-37-31(35)25-6-9-27(10-7-25)33(3)30(34)26-8-11-29(39-20-38-21(2)36-4)28(16-26)32-17-22-13-23(18-32)15-24(14-22)19-32/h5-11,16,21-24H,1,12-15,17-20H2,2-4H3. The molecule has 4 bridgehead atoms. The molecular formula is C32H39NO6. The molecule has 0 radical (unpaired) electrons. The Balaban J connectivity index is 1.40. The third-order valence-electron chi connectivity index (χ3n) is 8.81. The number of ether oxygens (including phenoxy) is 4. The molecule has 0 aliphatic heterocycles. The highest BCUT2D eigenvalue weighted by atomic mass is 16.7. The van der Waals surface area contributed by atoms with Gasteiger partial charge in [0.1, 0.15) is 12.4 Å². The van der Waals surface area contributed by atoms with E-state index in [1.54, 1.807) is 43.3 Å². The largest absolute Gasteiger partial charge is 0.467 e. The van der Waals surface area contributed by atoms with E-state index in [0.717, 1.165) is 48.3 Å². The first kappa shape index (κ1) is 27.4. The van der Waals surface area contributed by atoms with Gasteiger partial charge in [0.05, 0.1) is 5.56 Å². The molecule has 4 aliphatic rings. The Morgan fingerprint density at radius 3 is 2.23 bits per heavy atom. The zero-order valence-corrected chi connectivity index (χ0v) is 23.2. The van der Waals surface area contributed by atoms with Crippen LogP contribution in [0.3, 0.4) is 0 Å². The van der Waals surface area contributed by atoms with Crippen molar-refractivity contribution in [1.29, 1.82) is 0 Å². The van der Waals surface area contributed by atoms with Crippen molar-refractivity contribution in [1.82, 2.24) is 0 Å². The Bertz CT molecular complexity index is 1170.